The summed E-state index contributed by atoms with van der Waals surface area (Å²) in [7, 11) is 0. The summed E-state index contributed by atoms with van der Waals surface area (Å²) in [4.78, 5) is 0. The Bertz CT molecular complexity index is 1390. The van der Waals surface area contributed by atoms with Crippen LogP contribution in [0.1, 0.15) is 175 Å². The summed E-state index contributed by atoms with van der Waals surface area (Å²) in [6.45, 7) is 47.6. The van der Waals surface area contributed by atoms with E-state index in [0.29, 0.717) is 0 Å². The zero-order valence-corrected chi connectivity index (χ0v) is 38.6. The fourth-order valence-corrected chi connectivity index (χ4v) is 11.3. The molecule has 3 aromatic rings. The SMILES string of the molecule is Cc1cc(C(C)(C)C)c([O][Zr]([CH3])([O]c2c(C(C)(C)C)cc(C)cc2C(C)(C)C)[O]c2c(C(C)(C)C)cc(C)cc2C(C)(C)C)c(C(C)(C)C)c1. The van der Waals surface area contributed by atoms with Crippen molar-refractivity contribution in [3.8, 4) is 17.2 Å². The molecule has 0 amide bonds. The van der Waals surface area contributed by atoms with E-state index >= 15 is 0 Å². The summed E-state index contributed by atoms with van der Waals surface area (Å²) >= 11 is -4.78. The molecule has 0 aromatic heterocycles. The van der Waals surface area contributed by atoms with Gasteiger partial charge >= 0.3 is 316 Å². The molecule has 0 fully saturated rings. The van der Waals surface area contributed by atoms with E-state index in [0.717, 1.165) is 17.2 Å². The van der Waals surface area contributed by atoms with E-state index in [1.165, 1.54) is 50.1 Å². The zero-order chi connectivity index (χ0) is 38.8. The Morgan fingerprint density at radius 1 is 0.320 bits per heavy atom. The molecule has 0 saturated heterocycles. The Kier molecular flexibility index (Phi) is 11.6. The third kappa shape index (κ3) is 9.87. The number of benzene rings is 3. The van der Waals surface area contributed by atoms with Crippen LogP contribution in [-0.2, 0) is 54.1 Å². The van der Waals surface area contributed by atoms with E-state index < -0.39 is 21.6 Å². The molecule has 3 aromatic carbocycles. The predicted octanol–water partition coefficient (Wildman–Crippen LogP) is 13.9. The van der Waals surface area contributed by atoms with Gasteiger partial charge in [0.25, 0.3) is 0 Å². The molecule has 0 aliphatic heterocycles. The van der Waals surface area contributed by atoms with E-state index in [2.05, 4.69) is 186 Å². The first-order valence-corrected chi connectivity index (χ1v) is 24.2. The van der Waals surface area contributed by atoms with Gasteiger partial charge in [0.15, 0.2) is 0 Å². The van der Waals surface area contributed by atoms with Gasteiger partial charge in [0, 0.05) is 0 Å². The van der Waals surface area contributed by atoms with Crippen LogP contribution < -0.4 is 8.44 Å². The van der Waals surface area contributed by atoms with Crippen LogP contribution in [0, 0.1) is 20.8 Å². The van der Waals surface area contributed by atoms with Crippen LogP contribution in [0.25, 0.3) is 0 Å². The minimum absolute atomic E-state index is 0.165. The number of aryl methyl sites for hydroxylation is 3. The molecule has 278 valence electrons. The van der Waals surface area contributed by atoms with Crippen molar-refractivity contribution in [3.05, 3.63) is 86.5 Å². The third-order valence-corrected chi connectivity index (χ3v) is 13.6. The normalized spacial score (nSPS) is 13.8. The standard InChI is InChI=1S/3C15H24O.CH3.Zr/c3*1-10-8-11(14(2,3)4)13(16)12(9-10)15(5,6)7;;/h3*8-9,16H,1-7H3;1H3;/q;;;;+3/p-3. The second kappa shape index (κ2) is 13.7. The summed E-state index contributed by atoms with van der Waals surface area (Å²) in [6.07, 6.45) is 0. The Balaban J connectivity index is 2.58. The predicted molar refractivity (Wildman–Crippen MR) is 213 cm³/mol. The molecule has 0 aliphatic rings. The van der Waals surface area contributed by atoms with Gasteiger partial charge in [0.2, 0.25) is 0 Å². The summed E-state index contributed by atoms with van der Waals surface area (Å²) in [5.41, 5.74) is 9.82. The molecule has 0 heterocycles. The first-order chi connectivity index (χ1) is 22.1. The van der Waals surface area contributed by atoms with Crippen LogP contribution in [0.4, 0.5) is 0 Å². The van der Waals surface area contributed by atoms with E-state index in [-0.39, 0.29) is 32.5 Å². The molecule has 0 unspecified atom stereocenters. The molecule has 3 rings (SSSR count). The van der Waals surface area contributed by atoms with Crippen LogP contribution in [0.3, 0.4) is 0 Å². The molecule has 0 aliphatic carbocycles. The Hall–Kier alpha value is -2.06. The fraction of sp³-hybridized carbons (Fsp3) is 0.609. The Labute approximate surface area is 314 Å². The van der Waals surface area contributed by atoms with Crippen molar-refractivity contribution in [1.29, 1.82) is 0 Å². The summed E-state index contributed by atoms with van der Waals surface area (Å²) < 4.78 is 25.2. The van der Waals surface area contributed by atoms with E-state index in [9.17, 15) is 0 Å². The fourth-order valence-electron chi connectivity index (χ4n) is 6.61. The Morgan fingerprint density at radius 3 is 0.580 bits per heavy atom. The quantitative estimate of drug-likeness (QED) is 0.250. The molecule has 4 heteroatoms. The van der Waals surface area contributed by atoms with Crippen LogP contribution >= 0.6 is 0 Å². The van der Waals surface area contributed by atoms with Crippen molar-refractivity contribution < 1.29 is 30.0 Å². The van der Waals surface area contributed by atoms with Gasteiger partial charge in [-0.25, -0.2) is 0 Å². The maximum atomic E-state index is 7.68. The first kappa shape index (κ1) is 42.4. The van der Waals surface area contributed by atoms with Crippen molar-refractivity contribution in [1.82, 2.24) is 0 Å². The maximum absolute atomic E-state index is 7.68. The summed E-state index contributed by atoms with van der Waals surface area (Å²) in [5.74, 6) is 2.74. The molecule has 0 saturated carbocycles. The van der Waals surface area contributed by atoms with Gasteiger partial charge in [0.1, 0.15) is 0 Å². The van der Waals surface area contributed by atoms with Gasteiger partial charge in [-0.05, 0) is 0 Å². The topological polar surface area (TPSA) is 27.7 Å². The van der Waals surface area contributed by atoms with Crippen molar-refractivity contribution in [2.24, 2.45) is 0 Å². The van der Waals surface area contributed by atoms with Crippen LogP contribution in [-0.4, -0.2) is 0 Å². The van der Waals surface area contributed by atoms with Gasteiger partial charge in [0.05, 0.1) is 0 Å². The molecular formula is C46H72O3Zr. The van der Waals surface area contributed by atoms with Gasteiger partial charge in [-0.2, -0.15) is 0 Å². The van der Waals surface area contributed by atoms with E-state index in [1.807, 2.05) is 0 Å². The summed E-state index contributed by atoms with van der Waals surface area (Å²) in [5, 5.41) is 0. The molecule has 0 bridgehead atoms. The average molecular weight is 764 g/mol. The van der Waals surface area contributed by atoms with E-state index in [1.54, 1.807) is 0 Å². The van der Waals surface area contributed by atoms with Crippen LogP contribution in [0.15, 0.2) is 36.4 Å². The first-order valence-electron chi connectivity index (χ1n) is 18.7. The number of rotatable bonds is 6. The second-order valence-electron chi connectivity index (χ2n) is 21.2. The minimum atomic E-state index is -4.78. The second-order valence-corrected chi connectivity index (χ2v) is 27.0. The number of hydrogen-bond donors (Lipinski definition) is 0. The third-order valence-electron chi connectivity index (χ3n) is 9.41. The zero-order valence-electron chi connectivity index (χ0n) is 36.2. The number of hydrogen-bond acceptors (Lipinski definition) is 3. The molecular weight excluding hydrogens is 692 g/mol. The molecule has 0 N–H and O–H groups in total. The monoisotopic (exact) mass is 762 g/mol. The molecule has 0 spiro atoms. The van der Waals surface area contributed by atoms with Crippen LogP contribution in [0.5, 0.6) is 17.2 Å². The molecule has 50 heavy (non-hydrogen) atoms. The van der Waals surface area contributed by atoms with Crippen molar-refractivity contribution >= 4 is 0 Å². The van der Waals surface area contributed by atoms with Crippen LogP contribution in [0.2, 0.25) is 4.63 Å². The van der Waals surface area contributed by atoms with Crippen molar-refractivity contribution in [3.63, 3.8) is 0 Å². The van der Waals surface area contributed by atoms with Gasteiger partial charge in [-0.3, -0.25) is 0 Å². The van der Waals surface area contributed by atoms with Gasteiger partial charge in [-0.15, -0.1) is 0 Å². The molecule has 0 radical (unpaired) electrons. The van der Waals surface area contributed by atoms with Gasteiger partial charge in [-0.1, -0.05) is 0 Å². The average Bonchev–Trinajstić information content (AvgIpc) is 2.87. The summed E-state index contributed by atoms with van der Waals surface area (Å²) in [6, 6.07) is 13.8. The molecule has 0 atom stereocenters. The molecule has 3 nitrogen and oxygen atoms in total. The van der Waals surface area contributed by atoms with Crippen molar-refractivity contribution in [2.75, 3.05) is 0 Å². The van der Waals surface area contributed by atoms with Gasteiger partial charge < -0.3 is 0 Å². The van der Waals surface area contributed by atoms with E-state index in [4.69, 9.17) is 8.44 Å². The Morgan fingerprint density at radius 2 is 0.460 bits per heavy atom. The van der Waals surface area contributed by atoms with Crippen molar-refractivity contribution in [2.45, 2.75) is 183 Å².